The molecule has 8 heteroatoms. The van der Waals surface area contributed by atoms with Crippen LogP contribution >= 0.6 is 0 Å². The standard InChI is InChI=1S/C15H16F2N4O2/c1-2-12-19-14(23-20-12)11-8-15(16,17)9-21(11)13(22)7-10-3-5-18-6-4-10/h3-6,11H,2,7-9H2,1H3/t11-/m0/s1. The van der Waals surface area contributed by atoms with E-state index in [0.29, 0.717) is 12.2 Å². The first-order chi connectivity index (χ1) is 11.0. The molecule has 2 aromatic rings. The molecule has 0 spiro atoms. The van der Waals surface area contributed by atoms with Crippen LogP contribution in [-0.2, 0) is 17.6 Å². The van der Waals surface area contributed by atoms with Crippen molar-refractivity contribution >= 4 is 5.91 Å². The molecule has 1 fully saturated rings. The van der Waals surface area contributed by atoms with Crippen molar-refractivity contribution in [3.05, 3.63) is 41.8 Å². The van der Waals surface area contributed by atoms with Crippen LogP contribution in [0.3, 0.4) is 0 Å². The average molecular weight is 322 g/mol. The van der Waals surface area contributed by atoms with Crippen LogP contribution in [-0.4, -0.2) is 38.4 Å². The van der Waals surface area contributed by atoms with Gasteiger partial charge in [0.05, 0.1) is 13.0 Å². The molecule has 0 aromatic carbocycles. The van der Waals surface area contributed by atoms with E-state index in [1.807, 2.05) is 6.92 Å². The van der Waals surface area contributed by atoms with E-state index in [0.717, 1.165) is 10.5 Å². The maximum atomic E-state index is 13.8. The predicted molar refractivity (Wildman–Crippen MR) is 75.6 cm³/mol. The lowest BCUT2D eigenvalue weighted by Gasteiger charge is -2.21. The molecule has 1 atom stereocenters. The van der Waals surface area contributed by atoms with E-state index in [1.54, 1.807) is 24.5 Å². The van der Waals surface area contributed by atoms with Crippen molar-refractivity contribution in [1.29, 1.82) is 0 Å². The molecule has 0 radical (unpaired) electrons. The van der Waals surface area contributed by atoms with Crippen LogP contribution in [0.15, 0.2) is 29.0 Å². The molecule has 0 saturated carbocycles. The SMILES string of the molecule is CCc1noc([C@@H]2CC(F)(F)CN2C(=O)Cc2ccncc2)n1. The highest BCUT2D eigenvalue weighted by Crippen LogP contribution is 2.40. The van der Waals surface area contributed by atoms with Crippen LogP contribution in [0.5, 0.6) is 0 Å². The molecule has 2 aromatic heterocycles. The number of hydrogen-bond donors (Lipinski definition) is 0. The first-order valence-electron chi connectivity index (χ1n) is 7.37. The van der Waals surface area contributed by atoms with Crippen molar-refractivity contribution in [2.45, 2.75) is 38.2 Å². The number of carbonyl (C=O) groups is 1. The van der Waals surface area contributed by atoms with Gasteiger partial charge < -0.3 is 9.42 Å². The Labute approximate surface area is 131 Å². The molecule has 0 bridgehead atoms. The van der Waals surface area contributed by atoms with Crippen molar-refractivity contribution < 1.29 is 18.1 Å². The first kappa shape index (κ1) is 15.5. The van der Waals surface area contributed by atoms with Crippen molar-refractivity contribution in [3.8, 4) is 0 Å². The number of amides is 1. The van der Waals surface area contributed by atoms with Gasteiger partial charge in [-0.15, -0.1) is 0 Å². The molecule has 6 nitrogen and oxygen atoms in total. The largest absolute Gasteiger partial charge is 0.337 e. The molecule has 1 aliphatic rings. The van der Waals surface area contributed by atoms with Crippen LogP contribution in [0.1, 0.15) is 36.7 Å². The summed E-state index contributed by atoms with van der Waals surface area (Å²) in [4.78, 5) is 21.5. The molecular weight excluding hydrogens is 306 g/mol. The molecule has 0 unspecified atom stereocenters. The Hall–Kier alpha value is -2.38. The molecule has 3 rings (SSSR count). The summed E-state index contributed by atoms with van der Waals surface area (Å²) in [6, 6.07) is 2.48. The minimum Gasteiger partial charge on any atom is -0.337 e. The number of nitrogens with zero attached hydrogens (tertiary/aromatic N) is 4. The number of alkyl halides is 2. The lowest BCUT2D eigenvalue weighted by molar-refractivity contribution is -0.133. The molecular formula is C15H16F2N4O2. The van der Waals surface area contributed by atoms with Crippen LogP contribution in [0.25, 0.3) is 0 Å². The number of hydrogen-bond acceptors (Lipinski definition) is 5. The second kappa shape index (κ2) is 6.02. The quantitative estimate of drug-likeness (QED) is 0.863. The van der Waals surface area contributed by atoms with Crippen LogP contribution < -0.4 is 0 Å². The molecule has 0 N–H and O–H groups in total. The zero-order valence-electron chi connectivity index (χ0n) is 12.6. The summed E-state index contributed by atoms with van der Waals surface area (Å²) in [6.45, 7) is 1.20. The van der Waals surface area contributed by atoms with Gasteiger partial charge in [-0.05, 0) is 17.7 Å². The summed E-state index contributed by atoms with van der Waals surface area (Å²) in [6.07, 6.45) is 3.19. The van der Waals surface area contributed by atoms with Gasteiger partial charge in [0.15, 0.2) is 5.82 Å². The Balaban J connectivity index is 1.81. The second-order valence-electron chi connectivity index (χ2n) is 5.53. The van der Waals surface area contributed by atoms with Crippen molar-refractivity contribution in [2.75, 3.05) is 6.54 Å². The Morgan fingerprint density at radius 1 is 1.43 bits per heavy atom. The van der Waals surface area contributed by atoms with E-state index in [4.69, 9.17) is 4.52 Å². The number of carbonyl (C=O) groups excluding carboxylic acids is 1. The van der Waals surface area contributed by atoms with Gasteiger partial charge in [0.1, 0.15) is 6.04 Å². The third kappa shape index (κ3) is 3.35. The molecule has 3 heterocycles. The van der Waals surface area contributed by atoms with Crippen LogP contribution in [0.2, 0.25) is 0 Å². The summed E-state index contributed by atoms with van der Waals surface area (Å²) in [5, 5.41) is 3.73. The summed E-state index contributed by atoms with van der Waals surface area (Å²) in [5.41, 5.74) is 0.721. The Kier molecular flexibility index (Phi) is 4.06. The van der Waals surface area contributed by atoms with E-state index in [9.17, 15) is 13.6 Å². The van der Waals surface area contributed by atoms with Crippen molar-refractivity contribution in [1.82, 2.24) is 20.0 Å². The number of aryl methyl sites for hydroxylation is 1. The lowest BCUT2D eigenvalue weighted by atomic mass is 10.1. The smallest absolute Gasteiger partial charge is 0.267 e. The average Bonchev–Trinajstić information content (AvgIpc) is 3.12. The van der Waals surface area contributed by atoms with Crippen LogP contribution in [0.4, 0.5) is 8.78 Å². The number of aromatic nitrogens is 3. The van der Waals surface area contributed by atoms with Crippen molar-refractivity contribution in [2.24, 2.45) is 0 Å². The minimum atomic E-state index is -2.96. The molecule has 0 aliphatic carbocycles. The lowest BCUT2D eigenvalue weighted by Crippen LogP contribution is -2.34. The summed E-state index contributed by atoms with van der Waals surface area (Å²) in [5.74, 6) is -2.84. The van der Waals surface area contributed by atoms with Gasteiger partial charge in [-0.2, -0.15) is 4.98 Å². The van der Waals surface area contributed by atoms with E-state index in [1.165, 1.54) is 0 Å². The fraction of sp³-hybridized carbons (Fsp3) is 0.467. The number of pyridine rings is 1. The predicted octanol–water partition coefficient (Wildman–Crippen LogP) is 2.18. The van der Waals surface area contributed by atoms with Gasteiger partial charge in [0.2, 0.25) is 11.8 Å². The maximum Gasteiger partial charge on any atom is 0.267 e. The normalized spacial score (nSPS) is 20.0. The molecule has 23 heavy (non-hydrogen) atoms. The third-order valence-corrected chi connectivity index (χ3v) is 3.78. The van der Waals surface area contributed by atoms with E-state index >= 15 is 0 Å². The van der Waals surface area contributed by atoms with Gasteiger partial charge in [-0.3, -0.25) is 9.78 Å². The molecule has 1 aliphatic heterocycles. The molecule has 1 amide bonds. The van der Waals surface area contributed by atoms with E-state index < -0.39 is 30.8 Å². The Morgan fingerprint density at radius 3 is 2.83 bits per heavy atom. The molecule has 122 valence electrons. The fourth-order valence-electron chi connectivity index (χ4n) is 2.62. The monoisotopic (exact) mass is 322 g/mol. The Bertz CT molecular complexity index is 690. The highest BCUT2D eigenvalue weighted by atomic mass is 19.3. The second-order valence-corrected chi connectivity index (χ2v) is 5.53. The van der Waals surface area contributed by atoms with Gasteiger partial charge >= 0.3 is 0 Å². The zero-order valence-corrected chi connectivity index (χ0v) is 12.6. The number of halogens is 2. The van der Waals surface area contributed by atoms with Gasteiger partial charge in [-0.1, -0.05) is 12.1 Å². The van der Waals surface area contributed by atoms with Gasteiger partial charge in [0.25, 0.3) is 5.92 Å². The van der Waals surface area contributed by atoms with Gasteiger partial charge in [-0.25, -0.2) is 8.78 Å². The van der Waals surface area contributed by atoms with E-state index in [2.05, 4.69) is 15.1 Å². The maximum absolute atomic E-state index is 13.8. The number of rotatable bonds is 4. The van der Waals surface area contributed by atoms with Gasteiger partial charge in [0, 0.05) is 25.2 Å². The zero-order chi connectivity index (χ0) is 16.4. The van der Waals surface area contributed by atoms with E-state index in [-0.39, 0.29) is 12.3 Å². The summed E-state index contributed by atoms with van der Waals surface area (Å²) in [7, 11) is 0. The topological polar surface area (TPSA) is 72.1 Å². The number of likely N-dealkylation sites (tertiary alicyclic amines) is 1. The molecule has 1 saturated heterocycles. The minimum absolute atomic E-state index is 0.0316. The van der Waals surface area contributed by atoms with Crippen molar-refractivity contribution in [3.63, 3.8) is 0 Å². The third-order valence-electron chi connectivity index (χ3n) is 3.78. The fourth-order valence-corrected chi connectivity index (χ4v) is 2.62. The van der Waals surface area contributed by atoms with Crippen LogP contribution in [0, 0.1) is 0 Å². The summed E-state index contributed by atoms with van der Waals surface area (Å²) >= 11 is 0. The first-order valence-corrected chi connectivity index (χ1v) is 7.37. The highest BCUT2D eigenvalue weighted by Gasteiger charge is 2.49. The highest BCUT2D eigenvalue weighted by molar-refractivity contribution is 5.79. The summed E-state index contributed by atoms with van der Waals surface area (Å²) < 4.78 is 32.7. The Morgan fingerprint density at radius 2 is 2.17 bits per heavy atom.